The predicted molar refractivity (Wildman–Crippen MR) is 86.8 cm³/mol. The molecule has 1 N–H and O–H groups in total. The quantitative estimate of drug-likeness (QED) is 0.655. The lowest BCUT2D eigenvalue weighted by Crippen LogP contribution is -2.15. The summed E-state index contributed by atoms with van der Waals surface area (Å²) in [6, 6.07) is 7.32. The molecule has 0 radical (unpaired) electrons. The fourth-order valence-corrected chi connectivity index (χ4v) is 2.73. The van der Waals surface area contributed by atoms with Gasteiger partial charge < -0.3 is 10.1 Å². The van der Waals surface area contributed by atoms with Crippen molar-refractivity contribution in [1.82, 2.24) is 4.37 Å². The molecule has 1 aromatic heterocycles. The Morgan fingerprint density at radius 2 is 1.95 bits per heavy atom. The molecule has 1 aromatic carbocycles. The molecule has 2 aromatic rings. The highest BCUT2D eigenvalue weighted by molar-refractivity contribution is 7.10. The topological polar surface area (TPSA) is 68.3 Å². The van der Waals surface area contributed by atoms with Gasteiger partial charge in [0.2, 0.25) is 0 Å². The Balaban J connectivity index is 2.01. The van der Waals surface area contributed by atoms with Crippen LogP contribution in [0.15, 0.2) is 24.3 Å². The van der Waals surface area contributed by atoms with Gasteiger partial charge in [-0.3, -0.25) is 4.79 Å². The first kappa shape index (κ1) is 16.2. The summed E-state index contributed by atoms with van der Waals surface area (Å²) >= 11 is 1.19. The number of benzene rings is 1. The van der Waals surface area contributed by atoms with Crippen LogP contribution in [0.3, 0.4) is 0 Å². The molecule has 0 atom stereocenters. The van der Waals surface area contributed by atoms with E-state index in [9.17, 15) is 9.59 Å². The van der Waals surface area contributed by atoms with Gasteiger partial charge in [-0.25, -0.2) is 4.79 Å². The van der Waals surface area contributed by atoms with Crippen molar-refractivity contribution in [2.45, 2.75) is 20.3 Å². The number of nitrogens with zero attached hydrogens (tertiary/aromatic N) is 1. The van der Waals surface area contributed by atoms with Crippen molar-refractivity contribution in [3.63, 3.8) is 0 Å². The van der Waals surface area contributed by atoms with Crippen LogP contribution in [0.25, 0.3) is 0 Å². The summed E-state index contributed by atoms with van der Waals surface area (Å²) in [6.45, 7) is 3.51. The van der Waals surface area contributed by atoms with Gasteiger partial charge in [0.25, 0.3) is 0 Å². The maximum Gasteiger partial charge on any atom is 0.343 e. The van der Waals surface area contributed by atoms with E-state index >= 15 is 0 Å². The van der Waals surface area contributed by atoms with Crippen LogP contribution in [-0.2, 0) is 11.2 Å². The molecular formula is C16H18N2O3S. The Bertz CT molecular complexity index is 677. The number of carbonyl (C=O) groups is 2. The van der Waals surface area contributed by atoms with E-state index in [1.54, 1.807) is 26.1 Å². The molecule has 0 aliphatic rings. The first-order valence-electron chi connectivity index (χ1n) is 7.00. The van der Waals surface area contributed by atoms with Gasteiger partial charge in [0.05, 0.1) is 5.69 Å². The smallest absolute Gasteiger partial charge is 0.343 e. The molecule has 6 heteroatoms. The molecule has 0 unspecified atom stereocenters. The minimum absolute atomic E-state index is 0.220. The summed E-state index contributed by atoms with van der Waals surface area (Å²) in [5, 5.41) is 3.54. The molecule has 1 heterocycles. The number of nitrogens with one attached hydrogen (secondary N) is 1. The van der Waals surface area contributed by atoms with Crippen molar-refractivity contribution in [1.29, 1.82) is 0 Å². The third-order valence-corrected chi connectivity index (χ3v) is 4.27. The van der Waals surface area contributed by atoms with Crippen molar-refractivity contribution in [2.24, 2.45) is 0 Å². The van der Waals surface area contributed by atoms with Gasteiger partial charge in [0, 0.05) is 12.6 Å². The van der Waals surface area contributed by atoms with E-state index in [0.29, 0.717) is 21.8 Å². The van der Waals surface area contributed by atoms with Gasteiger partial charge in [0.15, 0.2) is 12.4 Å². The van der Waals surface area contributed by atoms with E-state index in [2.05, 4.69) is 16.6 Å². The van der Waals surface area contributed by atoms with Crippen molar-refractivity contribution in [3.05, 3.63) is 46.6 Å². The normalized spacial score (nSPS) is 10.3. The van der Waals surface area contributed by atoms with Crippen LogP contribution >= 0.6 is 11.5 Å². The number of ketones is 1. The lowest BCUT2D eigenvalue weighted by Gasteiger charge is -2.06. The number of anilines is 1. The third-order valence-electron chi connectivity index (χ3n) is 3.31. The lowest BCUT2D eigenvalue weighted by molar-refractivity contribution is 0.0475. The van der Waals surface area contributed by atoms with E-state index in [-0.39, 0.29) is 12.4 Å². The first-order chi connectivity index (χ1) is 10.6. The number of hydrogen-bond acceptors (Lipinski definition) is 6. The molecule has 0 amide bonds. The zero-order chi connectivity index (χ0) is 16.1. The second-order valence-corrected chi connectivity index (χ2v) is 5.55. The number of carbonyl (C=O) groups excluding carboxylic acids is 2. The first-order valence-corrected chi connectivity index (χ1v) is 7.77. The maximum atomic E-state index is 12.1. The van der Waals surface area contributed by atoms with E-state index in [4.69, 9.17) is 4.74 Å². The summed E-state index contributed by atoms with van der Waals surface area (Å²) in [4.78, 5) is 24.1. The highest BCUT2D eigenvalue weighted by Gasteiger charge is 2.20. The van der Waals surface area contributed by atoms with Crippen LogP contribution in [0, 0.1) is 6.92 Å². The zero-order valence-electron chi connectivity index (χ0n) is 12.8. The Labute approximate surface area is 133 Å². The van der Waals surface area contributed by atoms with Gasteiger partial charge >= 0.3 is 5.97 Å². The van der Waals surface area contributed by atoms with Crippen molar-refractivity contribution >= 4 is 28.3 Å². The Morgan fingerprint density at radius 3 is 2.55 bits per heavy atom. The number of esters is 1. The summed E-state index contributed by atoms with van der Waals surface area (Å²) in [5.74, 6) is -0.753. The summed E-state index contributed by atoms with van der Waals surface area (Å²) in [7, 11) is 1.71. The largest absolute Gasteiger partial charge is 0.454 e. The average molecular weight is 318 g/mol. The number of hydrogen-bond donors (Lipinski definition) is 1. The number of aromatic nitrogens is 1. The molecule has 0 spiro atoms. The minimum Gasteiger partial charge on any atom is -0.454 e. The highest BCUT2D eigenvalue weighted by Crippen LogP contribution is 2.24. The minimum atomic E-state index is -0.533. The third kappa shape index (κ3) is 3.51. The Hall–Kier alpha value is -2.21. The summed E-state index contributed by atoms with van der Waals surface area (Å²) in [6.07, 6.45) is 0.917. The molecule has 0 aliphatic carbocycles. The van der Waals surface area contributed by atoms with E-state index in [1.807, 2.05) is 12.1 Å². The molecule has 5 nitrogen and oxygen atoms in total. The van der Waals surface area contributed by atoms with Crippen LogP contribution in [0.4, 0.5) is 5.00 Å². The number of aryl methyl sites for hydroxylation is 2. The molecule has 0 bridgehead atoms. The van der Waals surface area contributed by atoms with Crippen molar-refractivity contribution < 1.29 is 14.3 Å². The highest BCUT2D eigenvalue weighted by atomic mass is 32.1. The van der Waals surface area contributed by atoms with Gasteiger partial charge in [-0.2, -0.15) is 4.37 Å². The van der Waals surface area contributed by atoms with Gasteiger partial charge in [0.1, 0.15) is 10.6 Å². The average Bonchev–Trinajstić information content (AvgIpc) is 2.93. The zero-order valence-corrected chi connectivity index (χ0v) is 13.6. The van der Waals surface area contributed by atoms with Gasteiger partial charge in [-0.05, 0) is 30.4 Å². The molecule has 22 heavy (non-hydrogen) atoms. The van der Waals surface area contributed by atoms with Crippen molar-refractivity contribution in [2.75, 3.05) is 19.0 Å². The fraction of sp³-hybridized carbons (Fsp3) is 0.312. The lowest BCUT2D eigenvalue weighted by atomic mass is 10.1. The van der Waals surface area contributed by atoms with Crippen LogP contribution in [-0.4, -0.2) is 29.8 Å². The molecular weight excluding hydrogens is 300 g/mol. The van der Waals surface area contributed by atoms with Crippen LogP contribution in [0.2, 0.25) is 0 Å². The Kier molecular flexibility index (Phi) is 5.27. The van der Waals surface area contributed by atoms with E-state index in [1.165, 1.54) is 11.5 Å². The van der Waals surface area contributed by atoms with Crippen LogP contribution in [0.1, 0.15) is 38.9 Å². The molecule has 116 valence electrons. The number of rotatable bonds is 6. The fourth-order valence-electron chi connectivity index (χ4n) is 1.99. The van der Waals surface area contributed by atoms with Gasteiger partial charge in [-0.1, -0.05) is 31.2 Å². The standard InChI is InChI=1S/C16H18N2O3S/c1-4-11-5-7-12(8-6-11)13(19)9-21-16(20)14-10(2)18-22-15(14)17-3/h5-8,17H,4,9H2,1-3H3. The molecule has 0 saturated heterocycles. The van der Waals surface area contributed by atoms with E-state index in [0.717, 1.165) is 12.0 Å². The SMILES string of the molecule is CCc1ccc(C(=O)COC(=O)c2c(C)nsc2NC)cc1. The second-order valence-electron chi connectivity index (χ2n) is 4.77. The van der Waals surface area contributed by atoms with Crippen LogP contribution < -0.4 is 5.32 Å². The molecule has 0 aliphatic heterocycles. The molecule has 0 fully saturated rings. The molecule has 0 saturated carbocycles. The second kappa shape index (κ2) is 7.17. The predicted octanol–water partition coefficient (Wildman–Crippen LogP) is 3.10. The van der Waals surface area contributed by atoms with Crippen LogP contribution in [0.5, 0.6) is 0 Å². The van der Waals surface area contributed by atoms with E-state index < -0.39 is 5.97 Å². The van der Waals surface area contributed by atoms with Gasteiger partial charge in [-0.15, -0.1) is 0 Å². The number of ether oxygens (including phenoxy) is 1. The summed E-state index contributed by atoms with van der Waals surface area (Å²) < 4.78 is 9.23. The summed E-state index contributed by atoms with van der Waals surface area (Å²) in [5.41, 5.74) is 2.69. The Morgan fingerprint density at radius 1 is 1.27 bits per heavy atom. The van der Waals surface area contributed by atoms with Crippen molar-refractivity contribution in [3.8, 4) is 0 Å². The monoisotopic (exact) mass is 318 g/mol. The molecule has 2 rings (SSSR count). The maximum absolute atomic E-state index is 12.1. The number of Topliss-reactive ketones (excluding diaryl/α,β-unsaturated/α-hetero) is 1.